The van der Waals surface area contributed by atoms with Crippen molar-refractivity contribution in [3.63, 3.8) is 0 Å². The normalized spacial score (nSPS) is 12.2. The zero-order chi connectivity index (χ0) is 12.8. The van der Waals surface area contributed by atoms with Crippen LogP contribution < -0.4 is 16.4 Å². The Hall–Kier alpha value is -1.62. The van der Waals surface area contributed by atoms with Gasteiger partial charge in [0, 0.05) is 18.8 Å². The standard InChI is InChI=1S/C12H18FN3O/c1-2-16(7-6-11(14)12(15)17)10-5-3-4-9(13)8-10/h3-5,8,11H,2,6-7,14H2,1H3,(H2,15,17). The largest absolute Gasteiger partial charge is 0.372 e. The maximum atomic E-state index is 13.1. The van der Waals surface area contributed by atoms with Crippen LogP contribution in [0.15, 0.2) is 24.3 Å². The van der Waals surface area contributed by atoms with Gasteiger partial charge in [0.1, 0.15) is 5.82 Å². The predicted molar refractivity (Wildman–Crippen MR) is 66.1 cm³/mol. The molecular weight excluding hydrogens is 221 g/mol. The predicted octanol–water partition coefficient (Wildman–Crippen LogP) is 0.855. The average molecular weight is 239 g/mol. The van der Waals surface area contributed by atoms with E-state index >= 15 is 0 Å². The van der Waals surface area contributed by atoms with E-state index in [1.165, 1.54) is 12.1 Å². The number of amides is 1. The van der Waals surface area contributed by atoms with Crippen LogP contribution in [0.4, 0.5) is 10.1 Å². The fraction of sp³-hybridized carbons (Fsp3) is 0.417. The molecule has 1 atom stereocenters. The van der Waals surface area contributed by atoms with Gasteiger partial charge in [0.05, 0.1) is 6.04 Å². The van der Waals surface area contributed by atoms with Gasteiger partial charge in [0.2, 0.25) is 5.91 Å². The SMILES string of the molecule is CCN(CCC(N)C(N)=O)c1cccc(F)c1. The van der Waals surface area contributed by atoms with Gasteiger partial charge in [-0.25, -0.2) is 4.39 Å². The minimum atomic E-state index is -0.655. The van der Waals surface area contributed by atoms with Crippen molar-refractivity contribution in [3.05, 3.63) is 30.1 Å². The van der Waals surface area contributed by atoms with Crippen LogP contribution in [0.2, 0.25) is 0 Å². The molecule has 0 aliphatic carbocycles. The van der Waals surface area contributed by atoms with Crippen molar-refractivity contribution in [2.75, 3.05) is 18.0 Å². The lowest BCUT2D eigenvalue weighted by Crippen LogP contribution is -2.39. The Balaban J connectivity index is 2.63. The van der Waals surface area contributed by atoms with E-state index in [0.717, 1.165) is 12.2 Å². The number of nitrogens with two attached hydrogens (primary N) is 2. The molecule has 0 aliphatic heterocycles. The summed E-state index contributed by atoms with van der Waals surface area (Å²) in [7, 11) is 0. The quantitative estimate of drug-likeness (QED) is 0.773. The fourth-order valence-corrected chi connectivity index (χ4v) is 1.58. The van der Waals surface area contributed by atoms with E-state index < -0.39 is 11.9 Å². The van der Waals surface area contributed by atoms with E-state index in [1.807, 2.05) is 17.9 Å². The van der Waals surface area contributed by atoms with Crippen molar-refractivity contribution in [1.29, 1.82) is 0 Å². The number of hydrogen-bond donors (Lipinski definition) is 2. The van der Waals surface area contributed by atoms with Crippen LogP contribution >= 0.6 is 0 Å². The van der Waals surface area contributed by atoms with Crippen LogP contribution in [-0.4, -0.2) is 25.0 Å². The molecule has 1 aromatic carbocycles. The Bertz CT molecular complexity index is 384. The fourth-order valence-electron chi connectivity index (χ4n) is 1.58. The monoisotopic (exact) mass is 239 g/mol. The number of carbonyl (C=O) groups excluding carboxylic acids is 1. The van der Waals surface area contributed by atoms with Crippen LogP contribution in [0.3, 0.4) is 0 Å². The molecule has 4 nitrogen and oxygen atoms in total. The molecule has 1 aromatic rings. The first-order valence-corrected chi connectivity index (χ1v) is 5.60. The molecule has 0 spiro atoms. The van der Waals surface area contributed by atoms with Gasteiger partial charge in [-0.3, -0.25) is 4.79 Å². The third-order valence-corrected chi connectivity index (χ3v) is 2.63. The second-order valence-electron chi connectivity index (χ2n) is 3.86. The summed E-state index contributed by atoms with van der Waals surface area (Å²) in [5.74, 6) is -0.791. The molecule has 4 N–H and O–H groups in total. The van der Waals surface area contributed by atoms with Crippen molar-refractivity contribution in [3.8, 4) is 0 Å². The van der Waals surface area contributed by atoms with E-state index in [2.05, 4.69) is 0 Å². The molecule has 0 saturated heterocycles. The second kappa shape index (κ2) is 6.20. The number of carbonyl (C=O) groups is 1. The van der Waals surface area contributed by atoms with E-state index in [1.54, 1.807) is 6.07 Å². The summed E-state index contributed by atoms with van der Waals surface area (Å²) < 4.78 is 13.1. The third-order valence-electron chi connectivity index (χ3n) is 2.63. The molecule has 0 heterocycles. The Labute approximate surface area is 100 Å². The topological polar surface area (TPSA) is 72.3 Å². The van der Waals surface area contributed by atoms with Crippen molar-refractivity contribution < 1.29 is 9.18 Å². The van der Waals surface area contributed by atoms with Gasteiger partial charge < -0.3 is 16.4 Å². The molecule has 0 saturated carbocycles. The van der Waals surface area contributed by atoms with Crippen LogP contribution in [0, 0.1) is 5.82 Å². The second-order valence-corrected chi connectivity index (χ2v) is 3.86. The molecular formula is C12H18FN3O. The van der Waals surface area contributed by atoms with Gasteiger partial charge in [-0.1, -0.05) is 6.07 Å². The number of primary amides is 1. The van der Waals surface area contributed by atoms with E-state index in [-0.39, 0.29) is 5.82 Å². The highest BCUT2D eigenvalue weighted by Gasteiger charge is 2.12. The smallest absolute Gasteiger partial charge is 0.234 e. The highest BCUT2D eigenvalue weighted by molar-refractivity contribution is 5.79. The zero-order valence-electron chi connectivity index (χ0n) is 9.90. The molecule has 0 fully saturated rings. The summed E-state index contributed by atoms with van der Waals surface area (Å²) in [6.45, 7) is 3.25. The lowest BCUT2D eigenvalue weighted by molar-refractivity contribution is -0.119. The van der Waals surface area contributed by atoms with Crippen LogP contribution in [0.1, 0.15) is 13.3 Å². The van der Waals surface area contributed by atoms with Crippen molar-refractivity contribution in [2.24, 2.45) is 11.5 Å². The Morgan fingerprint density at radius 1 is 1.53 bits per heavy atom. The average Bonchev–Trinajstić information content (AvgIpc) is 2.29. The molecule has 1 unspecified atom stereocenters. The summed E-state index contributed by atoms with van der Waals surface area (Å²) in [4.78, 5) is 12.8. The number of benzene rings is 1. The first-order valence-electron chi connectivity index (χ1n) is 5.60. The highest BCUT2D eigenvalue weighted by Crippen LogP contribution is 2.15. The first kappa shape index (κ1) is 13.4. The van der Waals surface area contributed by atoms with E-state index in [4.69, 9.17) is 11.5 Å². The summed E-state index contributed by atoms with van der Waals surface area (Å²) in [6.07, 6.45) is 0.458. The van der Waals surface area contributed by atoms with Gasteiger partial charge in [-0.2, -0.15) is 0 Å². The molecule has 0 bridgehead atoms. The Morgan fingerprint density at radius 3 is 2.76 bits per heavy atom. The third kappa shape index (κ3) is 4.03. The first-order chi connectivity index (χ1) is 8.04. The molecule has 0 aromatic heterocycles. The number of nitrogens with zero attached hydrogens (tertiary/aromatic N) is 1. The van der Waals surface area contributed by atoms with Crippen LogP contribution in [-0.2, 0) is 4.79 Å². The number of halogens is 1. The molecule has 0 radical (unpaired) electrons. The molecule has 5 heteroatoms. The van der Waals surface area contributed by atoms with Gasteiger partial charge in [-0.15, -0.1) is 0 Å². The molecule has 94 valence electrons. The van der Waals surface area contributed by atoms with Crippen molar-refractivity contribution in [1.82, 2.24) is 0 Å². The van der Waals surface area contributed by atoms with Gasteiger partial charge >= 0.3 is 0 Å². The molecule has 1 rings (SSSR count). The van der Waals surface area contributed by atoms with Gasteiger partial charge in [0.25, 0.3) is 0 Å². The Kier molecular flexibility index (Phi) is 4.90. The van der Waals surface area contributed by atoms with Crippen molar-refractivity contribution >= 4 is 11.6 Å². The molecule has 1 amide bonds. The zero-order valence-corrected chi connectivity index (χ0v) is 9.90. The van der Waals surface area contributed by atoms with E-state index in [9.17, 15) is 9.18 Å². The van der Waals surface area contributed by atoms with Crippen LogP contribution in [0.25, 0.3) is 0 Å². The minimum Gasteiger partial charge on any atom is -0.372 e. The number of anilines is 1. The lowest BCUT2D eigenvalue weighted by atomic mass is 10.2. The van der Waals surface area contributed by atoms with Crippen LogP contribution in [0.5, 0.6) is 0 Å². The lowest BCUT2D eigenvalue weighted by Gasteiger charge is -2.24. The Morgan fingerprint density at radius 2 is 2.24 bits per heavy atom. The number of hydrogen-bond acceptors (Lipinski definition) is 3. The maximum Gasteiger partial charge on any atom is 0.234 e. The van der Waals surface area contributed by atoms with Gasteiger partial charge in [0.15, 0.2) is 0 Å². The summed E-state index contributed by atoms with van der Waals surface area (Å²) in [5, 5.41) is 0. The minimum absolute atomic E-state index is 0.278. The highest BCUT2D eigenvalue weighted by atomic mass is 19.1. The summed E-state index contributed by atoms with van der Waals surface area (Å²) in [5.41, 5.74) is 11.4. The van der Waals surface area contributed by atoms with Gasteiger partial charge in [-0.05, 0) is 31.5 Å². The summed E-state index contributed by atoms with van der Waals surface area (Å²) in [6, 6.07) is 5.67. The summed E-state index contributed by atoms with van der Waals surface area (Å²) >= 11 is 0. The van der Waals surface area contributed by atoms with E-state index in [0.29, 0.717) is 13.0 Å². The van der Waals surface area contributed by atoms with Crippen molar-refractivity contribution in [2.45, 2.75) is 19.4 Å². The molecule has 17 heavy (non-hydrogen) atoms. The maximum absolute atomic E-state index is 13.1. The number of rotatable bonds is 6. The molecule has 0 aliphatic rings.